The quantitative estimate of drug-likeness (QED) is 0.786. The van der Waals surface area contributed by atoms with Crippen LogP contribution in [0.4, 0.5) is 4.79 Å². The number of ketones is 1. The van der Waals surface area contributed by atoms with Crippen LogP contribution in [-0.2, 0) is 9.53 Å². The molecule has 0 aromatic heterocycles. The molecule has 0 saturated heterocycles. The molecule has 0 radical (unpaired) electrons. The van der Waals surface area contributed by atoms with Gasteiger partial charge >= 0.3 is 6.09 Å². The second-order valence-corrected chi connectivity index (χ2v) is 4.77. The highest BCUT2D eigenvalue weighted by Crippen LogP contribution is 2.11. The van der Waals surface area contributed by atoms with Gasteiger partial charge < -0.3 is 15.4 Å². The molecule has 1 amide bonds. The van der Waals surface area contributed by atoms with E-state index in [0.717, 1.165) is 0 Å². The molecule has 0 bridgehead atoms. The largest absolute Gasteiger partial charge is 0.444 e. The molecule has 0 rings (SSSR count). The third-order valence-corrected chi connectivity index (χ3v) is 2.12. The maximum absolute atomic E-state index is 11.6. The van der Waals surface area contributed by atoms with Gasteiger partial charge in [0.1, 0.15) is 5.60 Å². The van der Waals surface area contributed by atoms with Gasteiger partial charge in [0.15, 0.2) is 5.78 Å². The van der Waals surface area contributed by atoms with Crippen molar-refractivity contribution in [2.45, 2.75) is 45.8 Å². The van der Waals surface area contributed by atoms with Crippen LogP contribution in [0, 0.1) is 0 Å². The van der Waals surface area contributed by atoms with Gasteiger partial charge in [0.2, 0.25) is 0 Å². The Balaban J connectivity index is 4.38. The number of rotatable bonds is 4. The number of hydrogen-bond acceptors (Lipinski definition) is 4. The van der Waals surface area contributed by atoms with Gasteiger partial charge in [-0.25, -0.2) is 4.79 Å². The zero-order chi connectivity index (χ0) is 12.9. The standard InChI is InChI=1S/C11H22N2O3/c1-8(9(14)6-7-12)13(5)10(15)16-11(2,3)4/h8H,6-7,12H2,1-5H3. The van der Waals surface area contributed by atoms with Crippen molar-refractivity contribution in [1.82, 2.24) is 4.90 Å². The highest BCUT2D eigenvalue weighted by molar-refractivity contribution is 5.87. The Morgan fingerprint density at radius 1 is 1.38 bits per heavy atom. The second-order valence-electron chi connectivity index (χ2n) is 4.77. The topological polar surface area (TPSA) is 72.6 Å². The zero-order valence-corrected chi connectivity index (χ0v) is 10.7. The number of amides is 1. The van der Waals surface area contributed by atoms with Crippen molar-refractivity contribution in [2.24, 2.45) is 5.73 Å². The number of Topliss-reactive ketones (excluding diaryl/α,β-unsaturated/α-hetero) is 1. The molecule has 0 aromatic carbocycles. The van der Waals surface area contributed by atoms with Crippen molar-refractivity contribution in [3.05, 3.63) is 0 Å². The summed E-state index contributed by atoms with van der Waals surface area (Å²) >= 11 is 0. The summed E-state index contributed by atoms with van der Waals surface area (Å²) in [7, 11) is 1.55. The molecule has 0 aliphatic heterocycles. The summed E-state index contributed by atoms with van der Waals surface area (Å²) in [5.41, 5.74) is 4.74. The Hall–Kier alpha value is -1.10. The Morgan fingerprint density at radius 3 is 2.25 bits per heavy atom. The molecule has 0 aliphatic carbocycles. The molecular weight excluding hydrogens is 208 g/mol. The number of hydrogen-bond donors (Lipinski definition) is 1. The summed E-state index contributed by atoms with van der Waals surface area (Å²) in [6.07, 6.45) is -0.223. The van der Waals surface area contributed by atoms with Crippen LogP contribution in [0.2, 0.25) is 0 Å². The summed E-state index contributed by atoms with van der Waals surface area (Å²) in [5.74, 6) is -0.0594. The molecule has 0 heterocycles. The van der Waals surface area contributed by atoms with Crippen molar-refractivity contribution >= 4 is 11.9 Å². The zero-order valence-electron chi connectivity index (χ0n) is 10.7. The fourth-order valence-corrected chi connectivity index (χ4v) is 1.06. The van der Waals surface area contributed by atoms with E-state index in [0.29, 0.717) is 6.54 Å². The molecule has 0 spiro atoms. The van der Waals surface area contributed by atoms with Gasteiger partial charge in [-0.05, 0) is 34.2 Å². The van der Waals surface area contributed by atoms with Crippen LogP contribution in [0.25, 0.3) is 0 Å². The SMILES string of the molecule is CC(C(=O)CCN)N(C)C(=O)OC(C)(C)C. The summed E-state index contributed by atoms with van der Waals surface area (Å²) in [6.45, 7) is 7.31. The van der Waals surface area contributed by atoms with Crippen molar-refractivity contribution in [2.75, 3.05) is 13.6 Å². The molecule has 1 atom stereocenters. The molecular formula is C11H22N2O3. The molecule has 5 heteroatoms. The maximum Gasteiger partial charge on any atom is 0.410 e. The van der Waals surface area contributed by atoms with E-state index in [1.165, 1.54) is 4.90 Å². The normalized spacial score (nSPS) is 13.1. The van der Waals surface area contributed by atoms with Gasteiger partial charge in [0.25, 0.3) is 0 Å². The fourth-order valence-electron chi connectivity index (χ4n) is 1.06. The van der Waals surface area contributed by atoms with E-state index >= 15 is 0 Å². The number of ether oxygens (including phenoxy) is 1. The minimum atomic E-state index is -0.554. The van der Waals surface area contributed by atoms with Gasteiger partial charge in [-0.2, -0.15) is 0 Å². The van der Waals surface area contributed by atoms with Crippen LogP contribution in [0.1, 0.15) is 34.1 Å². The lowest BCUT2D eigenvalue weighted by atomic mass is 10.1. The van der Waals surface area contributed by atoms with Gasteiger partial charge in [-0.3, -0.25) is 4.79 Å². The number of likely N-dealkylation sites (N-methyl/N-ethyl adjacent to an activating group) is 1. The van der Waals surface area contributed by atoms with Gasteiger partial charge in [0, 0.05) is 13.5 Å². The first-order valence-electron chi connectivity index (χ1n) is 5.37. The molecule has 0 aromatic rings. The van der Waals surface area contributed by atoms with Crippen LogP contribution in [0.3, 0.4) is 0 Å². The summed E-state index contributed by atoms with van der Waals surface area (Å²) in [5, 5.41) is 0. The fraction of sp³-hybridized carbons (Fsp3) is 0.818. The monoisotopic (exact) mass is 230 g/mol. The number of nitrogens with zero attached hydrogens (tertiary/aromatic N) is 1. The van der Waals surface area contributed by atoms with Crippen LogP contribution in [0.15, 0.2) is 0 Å². The second kappa shape index (κ2) is 5.84. The predicted octanol–water partition coefficient (Wildman–Crippen LogP) is 1.16. The van der Waals surface area contributed by atoms with Crippen LogP contribution >= 0.6 is 0 Å². The Bertz CT molecular complexity index is 258. The lowest BCUT2D eigenvalue weighted by Gasteiger charge is -2.27. The van der Waals surface area contributed by atoms with Gasteiger partial charge in [-0.1, -0.05) is 0 Å². The Labute approximate surface area is 96.9 Å². The lowest BCUT2D eigenvalue weighted by Crippen LogP contribution is -2.43. The molecule has 94 valence electrons. The number of nitrogens with two attached hydrogens (primary N) is 1. The minimum absolute atomic E-state index is 0.0594. The molecule has 16 heavy (non-hydrogen) atoms. The molecule has 0 saturated carbocycles. The van der Waals surface area contributed by atoms with E-state index in [1.54, 1.807) is 34.7 Å². The average molecular weight is 230 g/mol. The summed E-state index contributed by atoms with van der Waals surface area (Å²) in [4.78, 5) is 24.4. The molecule has 2 N–H and O–H groups in total. The van der Waals surface area contributed by atoms with Crippen LogP contribution in [-0.4, -0.2) is 42.0 Å². The highest BCUT2D eigenvalue weighted by Gasteiger charge is 2.26. The molecule has 0 fully saturated rings. The van der Waals surface area contributed by atoms with E-state index < -0.39 is 17.7 Å². The number of carbonyl (C=O) groups is 2. The van der Waals surface area contributed by atoms with Gasteiger partial charge in [-0.15, -0.1) is 0 Å². The Kier molecular flexibility index (Phi) is 5.44. The first-order chi connectivity index (χ1) is 7.19. The third-order valence-electron chi connectivity index (χ3n) is 2.12. The predicted molar refractivity (Wildman–Crippen MR) is 62.1 cm³/mol. The average Bonchev–Trinajstić information content (AvgIpc) is 2.13. The van der Waals surface area contributed by atoms with E-state index in [-0.39, 0.29) is 12.2 Å². The lowest BCUT2D eigenvalue weighted by molar-refractivity contribution is -0.123. The minimum Gasteiger partial charge on any atom is -0.444 e. The maximum atomic E-state index is 11.6. The summed E-state index contributed by atoms with van der Waals surface area (Å²) in [6, 6.07) is -0.501. The van der Waals surface area contributed by atoms with Gasteiger partial charge in [0.05, 0.1) is 6.04 Å². The van der Waals surface area contributed by atoms with Crippen molar-refractivity contribution in [1.29, 1.82) is 0 Å². The summed E-state index contributed by atoms with van der Waals surface area (Å²) < 4.78 is 5.15. The van der Waals surface area contributed by atoms with Crippen LogP contribution < -0.4 is 5.73 Å². The number of carbonyl (C=O) groups excluding carboxylic acids is 2. The first-order valence-corrected chi connectivity index (χ1v) is 5.37. The van der Waals surface area contributed by atoms with Crippen molar-refractivity contribution < 1.29 is 14.3 Å². The van der Waals surface area contributed by atoms with Crippen molar-refractivity contribution in [3.8, 4) is 0 Å². The van der Waals surface area contributed by atoms with Crippen LogP contribution in [0.5, 0.6) is 0 Å². The third kappa shape index (κ3) is 5.11. The van der Waals surface area contributed by atoms with E-state index in [2.05, 4.69) is 0 Å². The smallest absolute Gasteiger partial charge is 0.410 e. The molecule has 5 nitrogen and oxygen atoms in total. The van der Waals surface area contributed by atoms with E-state index in [1.807, 2.05) is 0 Å². The van der Waals surface area contributed by atoms with Crippen molar-refractivity contribution in [3.63, 3.8) is 0 Å². The highest BCUT2D eigenvalue weighted by atomic mass is 16.6. The molecule has 0 aliphatic rings. The molecule has 1 unspecified atom stereocenters. The Morgan fingerprint density at radius 2 is 1.88 bits per heavy atom. The first kappa shape index (κ1) is 14.9. The van der Waals surface area contributed by atoms with E-state index in [9.17, 15) is 9.59 Å². The van der Waals surface area contributed by atoms with E-state index in [4.69, 9.17) is 10.5 Å².